The van der Waals surface area contributed by atoms with E-state index in [1.54, 1.807) is 12.1 Å². The Labute approximate surface area is 122 Å². The van der Waals surface area contributed by atoms with E-state index in [2.05, 4.69) is 22.2 Å². The second kappa shape index (κ2) is 6.08. The molecule has 0 aliphatic rings. The van der Waals surface area contributed by atoms with E-state index in [0.29, 0.717) is 22.4 Å². The van der Waals surface area contributed by atoms with Crippen molar-refractivity contribution in [1.82, 2.24) is 9.97 Å². The lowest BCUT2D eigenvalue weighted by Gasteiger charge is -2.10. The normalized spacial score (nSPS) is 10.5. The fourth-order valence-electron chi connectivity index (χ4n) is 1.55. The molecule has 6 heteroatoms. The number of nitrogens with two attached hydrogens (primary N) is 1. The zero-order chi connectivity index (χ0) is 13.8. The van der Waals surface area contributed by atoms with Gasteiger partial charge in [0.05, 0.1) is 0 Å². The van der Waals surface area contributed by atoms with Crippen molar-refractivity contribution in [1.29, 1.82) is 0 Å². The molecule has 1 heterocycles. The molecule has 0 saturated carbocycles. The SMILES string of the molecule is CCCNc1nc(-c2ccc(Cl)cc2)nc(Cl)c1N. The fourth-order valence-corrected chi connectivity index (χ4v) is 1.84. The Morgan fingerprint density at radius 2 is 1.84 bits per heavy atom. The van der Waals surface area contributed by atoms with Crippen LogP contribution in [0.5, 0.6) is 0 Å². The third-order valence-corrected chi connectivity index (χ3v) is 3.08. The minimum Gasteiger partial charge on any atom is -0.393 e. The number of nitrogen functional groups attached to an aromatic ring is 1. The van der Waals surface area contributed by atoms with Crippen LogP contribution in [-0.2, 0) is 0 Å². The van der Waals surface area contributed by atoms with Gasteiger partial charge < -0.3 is 11.1 Å². The number of benzene rings is 1. The minimum atomic E-state index is 0.249. The molecule has 0 amide bonds. The van der Waals surface area contributed by atoms with Crippen LogP contribution in [0, 0.1) is 0 Å². The maximum atomic E-state index is 6.04. The molecule has 0 atom stereocenters. The maximum Gasteiger partial charge on any atom is 0.163 e. The molecule has 0 spiro atoms. The summed E-state index contributed by atoms with van der Waals surface area (Å²) in [6.45, 7) is 2.84. The Balaban J connectivity index is 2.40. The molecule has 0 fully saturated rings. The van der Waals surface area contributed by atoms with Crippen molar-refractivity contribution in [2.45, 2.75) is 13.3 Å². The summed E-state index contributed by atoms with van der Waals surface area (Å²) in [6.07, 6.45) is 0.970. The van der Waals surface area contributed by atoms with E-state index in [1.807, 2.05) is 12.1 Å². The first kappa shape index (κ1) is 13.9. The van der Waals surface area contributed by atoms with Gasteiger partial charge in [-0.25, -0.2) is 9.97 Å². The van der Waals surface area contributed by atoms with Crippen molar-refractivity contribution in [2.24, 2.45) is 0 Å². The topological polar surface area (TPSA) is 63.8 Å². The maximum absolute atomic E-state index is 6.04. The summed E-state index contributed by atoms with van der Waals surface area (Å²) < 4.78 is 0. The number of rotatable bonds is 4. The number of halogens is 2. The van der Waals surface area contributed by atoms with Gasteiger partial charge in [0, 0.05) is 17.1 Å². The number of hydrogen-bond acceptors (Lipinski definition) is 4. The van der Waals surface area contributed by atoms with Crippen molar-refractivity contribution in [3.63, 3.8) is 0 Å². The highest BCUT2D eigenvalue weighted by molar-refractivity contribution is 6.32. The average Bonchev–Trinajstić information content (AvgIpc) is 2.41. The molecular formula is C13H14Cl2N4. The molecule has 100 valence electrons. The van der Waals surface area contributed by atoms with Gasteiger partial charge in [-0.15, -0.1) is 0 Å². The largest absolute Gasteiger partial charge is 0.393 e. The van der Waals surface area contributed by atoms with Crippen LogP contribution in [-0.4, -0.2) is 16.5 Å². The molecule has 0 aliphatic heterocycles. The molecule has 0 saturated heterocycles. The summed E-state index contributed by atoms with van der Waals surface area (Å²) in [6, 6.07) is 7.24. The predicted octanol–water partition coefficient (Wildman–Crippen LogP) is 3.85. The van der Waals surface area contributed by atoms with Crippen LogP contribution in [0.25, 0.3) is 11.4 Å². The quantitative estimate of drug-likeness (QED) is 0.841. The Morgan fingerprint density at radius 3 is 2.47 bits per heavy atom. The fraction of sp³-hybridized carbons (Fsp3) is 0.231. The number of nitrogens with one attached hydrogen (secondary N) is 1. The zero-order valence-electron chi connectivity index (χ0n) is 10.5. The summed E-state index contributed by atoms with van der Waals surface area (Å²) in [7, 11) is 0. The van der Waals surface area contributed by atoms with Crippen molar-refractivity contribution < 1.29 is 0 Å². The Morgan fingerprint density at radius 1 is 1.16 bits per heavy atom. The van der Waals surface area contributed by atoms with Crippen LogP contribution in [0.4, 0.5) is 11.5 Å². The highest BCUT2D eigenvalue weighted by atomic mass is 35.5. The minimum absolute atomic E-state index is 0.249. The van der Waals surface area contributed by atoms with Gasteiger partial charge in [-0.2, -0.15) is 0 Å². The summed E-state index contributed by atoms with van der Waals surface area (Å²) in [5.74, 6) is 1.08. The third-order valence-electron chi connectivity index (χ3n) is 2.54. The summed E-state index contributed by atoms with van der Waals surface area (Å²) in [4.78, 5) is 8.58. The van der Waals surface area contributed by atoms with Gasteiger partial charge in [0.15, 0.2) is 16.8 Å². The predicted molar refractivity (Wildman–Crippen MR) is 80.7 cm³/mol. The van der Waals surface area contributed by atoms with Crippen LogP contribution in [0.1, 0.15) is 13.3 Å². The van der Waals surface area contributed by atoms with Crippen molar-refractivity contribution >= 4 is 34.7 Å². The Kier molecular flexibility index (Phi) is 4.45. The second-order valence-corrected chi connectivity index (χ2v) is 4.83. The lowest BCUT2D eigenvalue weighted by molar-refractivity contribution is 0.967. The summed E-state index contributed by atoms with van der Waals surface area (Å²) in [5, 5.41) is 4.05. The highest BCUT2D eigenvalue weighted by Gasteiger charge is 2.11. The van der Waals surface area contributed by atoms with Gasteiger partial charge >= 0.3 is 0 Å². The molecule has 19 heavy (non-hydrogen) atoms. The molecule has 1 aromatic heterocycles. The monoisotopic (exact) mass is 296 g/mol. The van der Waals surface area contributed by atoms with Crippen LogP contribution in [0.2, 0.25) is 10.2 Å². The molecule has 0 aliphatic carbocycles. The van der Waals surface area contributed by atoms with Crippen LogP contribution in [0.3, 0.4) is 0 Å². The van der Waals surface area contributed by atoms with Crippen LogP contribution < -0.4 is 11.1 Å². The number of anilines is 2. The molecule has 1 aromatic carbocycles. The van der Waals surface area contributed by atoms with Crippen LogP contribution in [0.15, 0.2) is 24.3 Å². The van der Waals surface area contributed by atoms with E-state index >= 15 is 0 Å². The first-order valence-corrected chi connectivity index (χ1v) is 6.70. The first-order valence-electron chi connectivity index (χ1n) is 5.94. The molecule has 0 unspecified atom stereocenters. The van der Waals surface area contributed by atoms with Gasteiger partial charge in [-0.05, 0) is 30.7 Å². The molecule has 3 N–H and O–H groups in total. The van der Waals surface area contributed by atoms with E-state index in [4.69, 9.17) is 28.9 Å². The van der Waals surface area contributed by atoms with E-state index in [-0.39, 0.29) is 5.15 Å². The molecule has 2 rings (SSSR count). The zero-order valence-corrected chi connectivity index (χ0v) is 12.0. The third kappa shape index (κ3) is 3.28. The lowest BCUT2D eigenvalue weighted by Crippen LogP contribution is -2.07. The number of aromatic nitrogens is 2. The van der Waals surface area contributed by atoms with E-state index in [9.17, 15) is 0 Å². The Hall–Kier alpha value is -1.52. The molecule has 4 nitrogen and oxygen atoms in total. The lowest BCUT2D eigenvalue weighted by atomic mass is 10.2. The van der Waals surface area contributed by atoms with E-state index in [1.165, 1.54) is 0 Å². The summed E-state index contributed by atoms with van der Waals surface area (Å²) >= 11 is 11.9. The molecule has 0 bridgehead atoms. The van der Waals surface area contributed by atoms with Gasteiger partial charge in [0.1, 0.15) is 5.69 Å². The van der Waals surface area contributed by atoms with Gasteiger partial charge in [-0.1, -0.05) is 30.1 Å². The smallest absolute Gasteiger partial charge is 0.163 e. The Bertz CT molecular complexity index is 570. The van der Waals surface area contributed by atoms with Crippen molar-refractivity contribution in [2.75, 3.05) is 17.6 Å². The van der Waals surface area contributed by atoms with Gasteiger partial charge in [-0.3, -0.25) is 0 Å². The standard InChI is InChI=1S/C13H14Cl2N4/c1-2-7-17-13-10(16)11(15)18-12(19-13)8-3-5-9(14)6-4-8/h3-6H,2,7,16H2,1H3,(H,17,18,19). The van der Waals surface area contributed by atoms with Gasteiger partial charge in [0.2, 0.25) is 0 Å². The first-order chi connectivity index (χ1) is 9.11. The van der Waals surface area contributed by atoms with Crippen molar-refractivity contribution in [3.05, 3.63) is 34.4 Å². The number of nitrogens with zero attached hydrogens (tertiary/aromatic N) is 2. The summed E-state index contributed by atoms with van der Waals surface area (Å²) in [5.41, 5.74) is 7.06. The molecule has 0 radical (unpaired) electrons. The van der Waals surface area contributed by atoms with Crippen LogP contribution >= 0.6 is 23.2 Å². The second-order valence-electron chi connectivity index (χ2n) is 4.03. The molecule has 2 aromatic rings. The average molecular weight is 297 g/mol. The molecular weight excluding hydrogens is 283 g/mol. The number of hydrogen-bond donors (Lipinski definition) is 2. The van der Waals surface area contributed by atoms with Crippen molar-refractivity contribution in [3.8, 4) is 11.4 Å². The van der Waals surface area contributed by atoms with E-state index < -0.39 is 0 Å². The van der Waals surface area contributed by atoms with E-state index in [0.717, 1.165) is 18.5 Å². The van der Waals surface area contributed by atoms with Gasteiger partial charge in [0.25, 0.3) is 0 Å². The highest BCUT2D eigenvalue weighted by Crippen LogP contribution is 2.28.